The molecule has 5 heteroatoms. The number of piperidine rings is 1. The molecule has 1 aliphatic rings. The van der Waals surface area contributed by atoms with Gasteiger partial charge in [-0.1, -0.05) is 48.0 Å². The number of benzene rings is 2. The quantitative estimate of drug-likeness (QED) is 0.799. The predicted octanol–water partition coefficient (Wildman–Crippen LogP) is 3.88. The molecule has 0 bridgehead atoms. The third kappa shape index (κ3) is 5.81. The Balaban J connectivity index is 1.65. The molecule has 0 saturated carbocycles. The molecule has 0 radical (unpaired) electrons. The van der Waals surface area contributed by atoms with Crippen LogP contribution in [0.2, 0.25) is 0 Å². The number of anilines is 1. The number of rotatable bonds is 6. The summed E-state index contributed by atoms with van der Waals surface area (Å²) in [4.78, 5) is 17.4. The summed E-state index contributed by atoms with van der Waals surface area (Å²) >= 11 is 0. The molecular weight excluding hydrogens is 348 g/mol. The Hall–Kier alpha value is -2.37. The number of aryl methyl sites for hydroxylation is 1. The van der Waals surface area contributed by atoms with Crippen LogP contribution in [0.5, 0.6) is 0 Å². The van der Waals surface area contributed by atoms with Crippen LogP contribution in [-0.2, 0) is 0 Å². The maximum Gasteiger partial charge on any atom is 0.319 e. The summed E-state index contributed by atoms with van der Waals surface area (Å²) < 4.78 is 0. The summed E-state index contributed by atoms with van der Waals surface area (Å²) in [5.41, 5.74) is 3.10. The second-order valence-corrected chi connectivity index (χ2v) is 7.90. The topological polar surface area (TPSA) is 47.6 Å². The molecule has 150 valence electrons. The molecule has 0 unspecified atom stereocenters. The molecule has 1 heterocycles. The minimum atomic E-state index is -0.172. The van der Waals surface area contributed by atoms with Gasteiger partial charge in [0.15, 0.2) is 0 Å². The predicted molar refractivity (Wildman–Crippen MR) is 116 cm³/mol. The van der Waals surface area contributed by atoms with E-state index in [0.29, 0.717) is 6.04 Å². The van der Waals surface area contributed by atoms with Crippen LogP contribution in [0.15, 0.2) is 54.6 Å². The minimum absolute atomic E-state index is 0.0590. The van der Waals surface area contributed by atoms with Gasteiger partial charge in [-0.25, -0.2) is 4.79 Å². The Morgan fingerprint density at radius 1 is 1.11 bits per heavy atom. The Kier molecular flexibility index (Phi) is 7.06. The summed E-state index contributed by atoms with van der Waals surface area (Å²) in [6.07, 6.45) is 2.34. The number of likely N-dealkylation sites (tertiary alicyclic amines) is 1. The van der Waals surface area contributed by atoms with Crippen molar-refractivity contribution >= 4 is 11.7 Å². The Bertz CT molecular complexity index is 739. The summed E-state index contributed by atoms with van der Waals surface area (Å²) in [6.45, 7) is 5.09. The highest BCUT2D eigenvalue weighted by Gasteiger charge is 2.24. The highest BCUT2D eigenvalue weighted by molar-refractivity contribution is 5.89. The van der Waals surface area contributed by atoms with Gasteiger partial charge >= 0.3 is 6.03 Å². The number of nitrogens with zero attached hydrogens (tertiary/aromatic N) is 2. The monoisotopic (exact) mass is 380 g/mol. The van der Waals surface area contributed by atoms with Crippen LogP contribution in [0, 0.1) is 6.92 Å². The molecule has 1 aliphatic heterocycles. The summed E-state index contributed by atoms with van der Waals surface area (Å²) in [6, 6.07) is 18.4. The number of nitrogens with one attached hydrogen (secondary N) is 2. The largest absolute Gasteiger partial charge is 0.330 e. The van der Waals surface area contributed by atoms with Crippen molar-refractivity contribution in [2.45, 2.75) is 31.8 Å². The zero-order chi connectivity index (χ0) is 19.9. The van der Waals surface area contributed by atoms with Crippen LogP contribution in [-0.4, -0.2) is 55.6 Å². The maximum absolute atomic E-state index is 12.6. The third-order valence-corrected chi connectivity index (χ3v) is 5.60. The molecule has 3 rings (SSSR count). The second-order valence-electron chi connectivity index (χ2n) is 7.90. The van der Waals surface area contributed by atoms with Crippen LogP contribution < -0.4 is 10.6 Å². The maximum atomic E-state index is 12.6. The zero-order valence-corrected chi connectivity index (χ0v) is 17.2. The van der Waals surface area contributed by atoms with Gasteiger partial charge < -0.3 is 20.4 Å². The van der Waals surface area contributed by atoms with Gasteiger partial charge in [0, 0.05) is 18.3 Å². The van der Waals surface area contributed by atoms with Crippen molar-refractivity contribution in [2.24, 2.45) is 0 Å². The third-order valence-electron chi connectivity index (χ3n) is 5.60. The van der Waals surface area contributed by atoms with E-state index in [4.69, 9.17) is 0 Å². The highest BCUT2D eigenvalue weighted by atomic mass is 16.2. The van der Waals surface area contributed by atoms with Crippen LogP contribution in [0.25, 0.3) is 0 Å². The molecule has 0 aromatic heterocycles. The van der Waals surface area contributed by atoms with Gasteiger partial charge in [-0.05, 0) is 64.6 Å². The summed E-state index contributed by atoms with van der Waals surface area (Å²) in [7, 11) is 4.35. The zero-order valence-electron chi connectivity index (χ0n) is 17.2. The lowest BCUT2D eigenvalue weighted by Gasteiger charge is -2.37. The lowest BCUT2D eigenvalue weighted by Crippen LogP contribution is -2.46. The number of urea groups is 1. The number of hydrogen-bond acceptors (Lipinski definition) is 3. The molecule has 1 saturated heterocycles. The fourth-order valence-electron chi connectivity index (χ4n) is 3.75. The molecule has 2 aromatic rings. The van der Waals surface area contributed by atoms with Crippen molar-refractivity contribution in [1.29, 1.82) is 0 Å². The van der Waals surface area contributed by atoms with E-state index in [1.54, 1.807) is 0 Å². The van der Waals surface area contributed by atoms with Crippen molar-refractivity contribution in [1.82, 2.24) is 15.1 Å². The first kappa shape index (κ1) is 20.4. The van der Waals surface area contributed by atoms with Gasteiger partial charge in [0.1, 0.15) is 0 Å². The average molecular weight is 381 g/mol. The molecule has 2 aromatic carbocycles. The smallest absolute Gasteiger partial charge is 0.319 e. The van der Waals surface area contributed by atoms with E-state index >= 15 is 0 Å². The SMILES string of the molecule is Cc1ccc(NC(=O)N[C@@H](CN(C)C2CCN(C)CC2)c2ccccc2)cc1. The van der Waals surface area contributed by atoms with Crippen molar-refractivity contribution in [3.8, 4) is 0 Å². The van der Waals surface area contributed by atoms with E-state index in [2.05, 4.69) is 46.7 Å². The molecule has 1 atom stereocenters. The molecule has 28 heavy (non-hydrogen) atoms. The van der Waals surface area contributed by atoms with E-state index < -0.39 is 0 Å². The summed E-state index contributed by atoms with van der Waals surface area (Å²) in [5.74, 6) is 0. The molecule has 2 N–H and O–H groups in total. The van der Waals surface area contributed by atoms with Crippen molar-refractivity contribution < 1.29 is 4.79 Å². The van der Waals surface area contributed by atoms with Gasteiger partial charge in [-0.15, -0.1) is 0 Å². The van der Waals surface area contributed by atoms with Gasteiger partial charge in [0.25, 0.3) is 0 Å². The highest BCUT2D eigenvalue weighted by Crippen LogP contribution is 2.20. The normalized spacial score (nSPS) is 16.7. The fraction of sp³-hybridized carbons (Fsp3) is 0.435. The van der Waals surface area contributed by atoms with Crippen molar-refractivity contribution in [2.75, 3.05) is 39.0 Å². The first-order chi connectivity index (χ1) is 13.5. The number of carbonyl (C=O) groups is 1. The lowest BCUT2D eigenvalue weighted by molar-refractivity contribution is 0.135. The van der Waals surface area contributed by atoms with Crippen LogP contribution in [0.4, 0.5) is 10.5 Å². The Morgan fingerprint density at radius 3 is 2.39 bits per heavy atom. The van der Waals surface area contributed by atoms with Crippen LogP contribution >= 0.6 is 0 Å². The lowest BCUT2D eigenvalue weighted by atomic mass is 10.0. The minimum Gasteiger partial charge on any atom is -0.330 e. The first-order valence-electron chi connectivity index (χ1n) is 10.1. The van der Waals surface area contributed by atoms with Crippen LogP contribution in [0.3, 0.4) is 0 Å². The molecule has 0 aliphatic carbocycles. The average Bonchev–Trinajstić information content (AvgIpc) is 2.70. The molecule has 0 spiro atoms. The molecule has 1 fully saturated rings. The van der Waals surface area contributed by atoms with E-state index in [0.717, 1.165) is 30.9 Å². The van der Waals surface area contributed by atoms with E-state index in [9.17, 15) is 4.79 Å². The van der Waals surface area contributed by atoms with Crippen molar-refractivity contribution in [3.63, 3.8) is 0 Å². The van der Waals surface area contributed by atoms with E-state index in [-0.39, 0.29) is 12.1 Å². The molecular formula is C23H32N4O. The van der Waals surface area contributed by atoms with Crippen molar-refractivity contribution in [3.05, 3.63) is 65.7 Å². The number of likely N-dealkylation sites (N-methyl/N-ethyl adjacent to an activating group) is 1. The summed E-state index contributed by atoms with van der Waals surface area (Å²) in [5, 5.41) is 6.13. The van der Waals surface area contributed by atoms with Gasteiger partial charge in [-0.2, -0.15) is 0 Å². The molecule has 2 amide bonds. The number of carbonyl (C=O) groups excluding carboxylic acids is 1. The Morgan fingerprint density at radius 2 is 1.75 bits per heavy atom. The van der Waals surface area contributed by atoms with E-state index in [1.165, 1.54) is 18.4 Å². The molecule has 5 nitrogen and oxygen atoms in total. The van der Waals surface area contributed by atoms with Crippen LogP contribution in [0.1, 0.15) is 30.0 Å². The Labute approximate surface area is 168 Å². The van der Waals surface area contributed by atoms with Gasteiger partial charge in [0.2, 0.25) is 0 Å². The number of hydrogen-bond donors (Lipinski definition) is 2. The fourth-order valence-corrected chi connectivity index (χ4v) is 3.75. The van der Waals surface area contributed by atoms with E-state index in [1.807, 2.05) is 49.4 Å². The standard InChI is InChI=1S/C23H32N4O/c1-18-9-11-20(12-10-18)24-23(28)25-22(19-7-5-4-6-8-19)17-27(3)21-13-15-26(2)16-14-21/h4-12,21-22H,13-17H2,1-3H3,(H2,24,25,28)/t22-/m0/s1. The first-order valence-corrected chi connectivity index (χ1v) is 10.1. The second kappa shape index (κ2) is 9.71. The van der Waals surface area contributed by atoms with Gasteiger partial charge in [0.05, 0.1) is 6.04 Å². The number of amides is 2. The van der Waals surface area contributed by atoms with Gasteiger partial charge in [-0.3, -0.25) is 0 Å².